The van der Waals surface area contributed by atoms with Gasteiger partial charge in [-0.25, -0.2) is 0 Å². The third-order valence-corrected chi connectivity index (χ3v) is 6.63. The van der Waals surface area contributed by atoms with Crippen LogP contribution < -0.4 is 4.74 Å². The lowest BCUT2D eigenvalue weighted by atomic mass is 10.2. The van der Waals surface area contributed by atoms with Crippen molar-refractivity contribution >= 4 is 8.80 Å². The van der Waals surface area contributed by atoms with Gasteiger partial charge in [-0.3, -0.25) is 0 Å². The first-order valence-corrected chi connectivity index (χ1v) is 10.8. The second kappa shape index (κ2) is 12.5. The Morgan fingerprint density at radius 3 is 1.87 bits per heavy atom. The van der Waals surface area contributed by atoms with Crippen LogP contribution >= 0.6 is 0 Å². The fourth-order valence-electron chi connectivity index (χ4n) is 2.51. The highest BCUT2D eigenvalue weighted by atomic mass is 28.4. The van der Waals surface area contributed by atoms with Gasteiger partial charge in [0, 0.05) is 25.9 Å². The SMILES string of the molecule is CCO[Si](CCCCCCOc1ccccc1)(OCC)OCC. The predicted molar refractivity (Wildman–Crippen MR) is 95.8 cm³/mol. The molecule has 0 aromatic heterocycles. The van der Waals surface area contributed by atoms with Gasteiger partial charge in [-0.05, 0) is 45.7 Å². The van der Waals surface area contributed by atoms with Crippen molar-refractivity contribution in [1.82, 2.24) is 0 Å². The Bertz CT molecular complexity index is 369. The number of benzene rings is 1. The first kappa shape index (κ1) is 20.2. The van der Waals surface area contributed by atoms with Crippen LogP contribution in [0.1, 0.15) is 46.5 Å². The summed E-state index contributed by atoms with van der Waals surface area (Å²) < 4.78 is 23.3. The standard InChI is InChI=1S/C18H32O4Si/c1-4-20-23(21-5-2,22-6-3)17-13-8-7-12-16-19-18-14-10-9-11-15-18/h9-11,14-15H,4-8,12-13,16-17H2,1-3H3. The van der Waals surface area contributed by atoms with Crippen LogP contribution in [0, 0.1) is 0 Å². The van der Waals surface area contributed by atoms with Crippen LogP contribution in [0.4, 0.5) is 0 Å². The van der Waals surface area contributed by atoms with Crippen LogP contribution in [0.25, 0.3) is 0 Å². The number of para-hydroxylation sites is 1. The fraction of sp³-hybridized carbons (Fsp3) is 0.667. The van der Waals surface area contributed by atoms with Crippen LogP contribution in [0.5, 0.6) is 5.75 Å². The monoisotopic (exact) mass is 340 g/mol. The molecule has 132 valence electrons. The Labute approximate surface area is 142 Å². The maximum Gasteiger partial charge on any atom is 0.500 e. The lowest BCUT2D eigenvalue weighted by Gasteiger charge is -2.28. The zero-order chi connectivity index (χ0) is 16.8. The van der Waals surface area contributed by atoms with Crippen molar-refractivity contribution in [3.63, 3.8) is 0 Å². The lowest BCUT2D eigenvalue weighted by molar-refractivity contribution is 0.0706. The molecule has 0 unspecified atom stereocenters. The maximum absolute atomic E-state index is 5.87. The summed E-state index contributed by atoms with van der Waals surface area (Å²) in [6.45, 7) is 8.72. The average molecular weight is 341 g/mol. The van der Waals surface area contributed by atoms with Crippen LogP contribution in [-0.4, -0.2) is 35.2 Å². The highest BCUT2D eigenvalue weighted by molar-refractivity contribution is 6.60. The molecule has 4 nitrogen and oxygen atoms in total. The van der Waals surface area contributed by atoms with Gasteiger partial charge in [0.05, 0.1) is 6.61 Å². The summed E-state index contributed by atoms with van der Waals surface area (Å²) in [7, 11) is -2.45. The van der Waals surface area contributed by atoms with E-state index >= 15 is 0 Å². The van der Waals surface area contributed by atoms with Crippen LogP contribution in [0.15, 0.2) is 30.3 Å². The molecule has 0 amide bonds. The molecule has 1 rings (SSSR count). The molecule has 0 spiro atoms. The largest absolute Gasteiger partial charge is 0.500 e. The second-order valence-electron chi connectivity index (χ2n) is 5.31. The first-order chi connectivity index (χ1) is 11.3. The van der Waals surface area contributed by atoms with Crippen LogP contribution in [0.3, 0.4) is 0 Å². The van der Waals surface area contributed by atoms with E-state index in [0.29, 0.717) is 19.8 Å². The molecule has 0 bridgehead atoms. The minimum absolute atomic E-state index is 0.650. The molecule has 0 radical (unpaired) electrons. The molecule has 0 saturated carbocycles. The molecule has 0 N–H and O–H groups in total. The Balaban J connectivity index is 2.17. The van der Waals surface area contributed by atoms with Gasteiger partial charge in [-0.1, -0.05) is 31.0 Å². The van der Waals surface area contributed by atoms with E-state index < -0.39 is 8.80 Å². The molecular weight excluding hydrogens is 308 g/mol. The first-order valence-electron chi connectivity index (χ1n) is 8.86. The molecule has 0 saturated heterocycles. The molecular formula is C18H32O4Si. The zero-order valence-corrected chi connectivity index (χ0v) is 15.9. The van der Waals surface area contributed by atoms with Crippen molar-refractivity contribution in [1.29, 1.82) is 0 Å². The predicted octanol–water partition coefficient (Wildman–Crippen LogP) is 4.67. The van der Waals surface area contributed by atoms with E-state index in [0.717, 1.165) is 44.1 Å². The number of hydrogen-bond donors (Lipinski definition) is 0. The number of hydrogen-bond acceptors (Lipinski definition) is 4. The number of unbranched alkanes of at least 4 members (excludes halogenated alkanes) is 3. The smallest absolute Gasteiger partial charge is 0.494 e. The number of rotatable bonds is 14. The van der Waals surface area contributed by atoms with Gasteiger partial charge < -0.3 is 18.0 Å². The summed E-state index contributed by atoms with van der Waals surface area (Å²) in [5.74, 6) is 0.947. The van der Waals surface area contributed by atoms with Crippen LogP contribution in [0.2, 0.25) is 6.04 Å². The van der Waals surface area contributed by atoms with Crippen molar-refractivity contribution in [3.05, 3.63) is 30.3 Å². The average Bonchev–Trinajstić information content (AvgIpc) is 2.56. The Kier molecular flexibility index (Phi) is 11.0. The molecule has 1 aromatic rings. The second-order valence-corrected chi connectivity index (χ2v) is 8.04. The van der Waals surface area contributed by atoms with Crippen molar-refractivity contribution in [3.8, 4) is 5.75 Å². The van der Waals surface area contributed by atoms with E-state index in [2.05, 4.69) is 0 Å². The van der Waals surface area contributed by atoms with E-state index in [4.69, 9.17) is 18.0 Å². The Morgan fingerprint density at radius 1 is 0.739 bits per heavy atom. The van der Waals surface area contributed by atoms with Crippen LogP contribution in [-0.2, 0) is 13.3 Å². The summed E-state index contributed by atoms with van der Waals surface area (Å²) >= 11 is 0. The summed E-state index contributed by atoms with van der Waals surface area (Å²) in [6, 6.07) is 10.9. The van der Waals surface area contributed by atoms with Gasteiger partial charge in [0.15, 0.2) is 0 Å². The van der Waals surface area contributed by atoms with E-state index in [1.165, 1.54) is 0 Å². The topological polar surface area (TPSA) is 36.9 Å². The Morgan fingerprint density at radius 2 is 1.30 bits per heavy atom. The molecule has 1 aromatic carbocycles. The molecule has 0 aliphatic heterocycles. The highest BCUT2D eigenvalue weighted by Crippen LogP contribution is 2.20. The van der Waals surface area contributed by atoms with Crippen molar-refractivity contribution in [2.24, 2.45) is 0 Å². The van der Waals surface area contributed by atoms with Gasteiger partial charge in [-0.15, -0.1) is 0 Å². The van der Waals surface area contributed by atoms with Gasteiger partial charge in [0.2, 0.25) is 0 Å². The van der Waals surface area contributed by atoms with E-state index in [1.54, 1.807) is 0 Å². The maximum atomic E-state index is 5.87. The van der Waals surface area contributed by atoms with Crippen molar-refractivity contribution in [2.75, 3.05) is 26.4 Å². The molecule has 23 heavy (non-hydrogen) atoms. The van der Waals surface area contributed by atoms with E-state index in [1.807, 2.05) is 51.1 Å². The van der Waals surface area contributed by atoms with Gasteiger partial charge >= 0.3 is 8.80 Å². The van der Waals surface area contributed by atoms with E-state index in [-0.39, 0.29) is 0 Å². The van der Waals surface area contributed by atoms with Gasteiger partial charge in [0.1, 0.15) is 5.75 Å². The molecule has 0 aliphatic carbocycles. The summed E-state index contributed by atoms with van der Waals surface area (Å²) in [5, 5.41) is 0. The van der Waals surface area contributed by atoms with Crippen molar-refractivity contribution < 1.29 is 18.0 Å². The van der Waals surface area contributed by atoms with Gasteiger partial charge in [-0.2, -0.15) is 0 Å². The minimum Gasteiger partial charge on any atom is -0.494 e. The molecule has 0 atom stereocenters. The van der Waals surface area contributed by atoms with Gasteiger partial charge in [0.25, 0.3) is 0 Å². The summed E-state index contributed by atoms with van der Waals surface area (Å²) in [5.41, 5.74) is 0. The van der Waals surface area contributed by atoms with Crippen molar-refractivity contribution in [2.45, 2.75) is 52.5 Å². The molecule has 5 heteroatoms. The minimum atomic E-state index is -2.45. The normalized spacial score (nSPS) is 11.6. The molecule has 0 heterocycles. The summed E-state index contributed by atoms with van der Waals surface area (Å²) in [6.07, 6.45) is 4.46. The number of ether oxygens (including phenoxy) is 1. The third-order valence-electron chi connectivity index (χ3n) is 3.48. The third kappa shape index (κ3) is 8.51. The zero-order valence-electron chi connectivity index (χ0n) is 14.9. The van der Waals surface area contributed by atoms with E-state index in [9.17, 15) is 0 Å². The summed E-state index contributed by atoms with van der Waals surface area (Å²) in [4.78, 5) is 0. The highest BCUT2D eigenvalue weighted by Gasteiger charge is 2.39. The molecule has 0 fully saturated rings. The fourth-order valence-corrected chi connectivity index (χ4v) is 5.19. The quantitative estimate of drug-likeness (QED) is 0.364. The Hall–Kier alpha value is -0.883. The lowest BCUT2D eigenvalue weighted by Crippen LogP contribution is -2.45. The molecule has 0 aliphatic rings.